The summed E-state index contributed by atoms with van der Waals surface area (Å²) in [6, 6.07) is 8.41. The van der Waals surface area contributed by atoms with Gasteiger partial charge in [0.25, 0.3) is 0 Å². The van der Waals surface area contributed by atoms with Crippen LogP contribution in [-0.4, -0.2) is 9.97 Å². The van der Waals surface area contributed by atoms with Gasteiger partial charge in [-0.1, -0.05) is 12.1 Å². The number of nitrogen functional groups attached to an aromatic ring is 1. The zero-order chi connectivity index (χ0) is 14.0. The quantitative estimate of drug-likeness (QED) is 0.878. The topological polar surface area (TPSA) is 63.8 Å². The number of alkyl halides is 3. The van der Waals surface area contributed by atoms with Gasteiger partial charge >= 0.3 is 6.18 Å². The van der Waals surface area contributed by atoms with Crippen molar-refractivity contribution in [1.82, 2.24) is 9.97 Å². The van der Waals surface area contributed by atoms with Gasteiger partial charge in [0, 0.05) is 11.8 Å². The van der Waals surface area contributed by atoms with Crippen LogP contribution in [0.1, 0.15) is 11.4 Å². The van der Waals surface area contributed by atoms with E-state index in [-0.39, 0.29) is 11.6 Å². The van der Waals surface area contributed by atoms with Crippen LogP contribution in [0.4, 0.5) is 30.5 Å². The fourth-order valence-corrected chi connectivity index (χ4v) is 1.53. The van der Waals surface area contributed by atoms with Crippen LogP contribution in [0.15, 0.2) is 30.3 Å². The zero-order valence-corrected chi connectivity index (χ0v) is 9.99. The number of halogens is 3. The minimum atomic E-state index is -4.63. The van der Waals surface area contributed by atoms with E-state index in [0.29, 0.717) is 5.69 Å². The third kappa shape index (κ3) is 3.34. The molecular formula is C12H11F3N4. The highest BCUT2D eigenvalue weighted by atomic mass is 19.4. The zero-order valence-electron chi connectivity index (χ0n) is 9.99. The maximum absolute atomic E-state index is 12.5. The summed E-state index contributed by atoms with van der Waals surface area (Å²) >= 11 is 0. The highest BCUT2D eigenvalue weighted by Crippen LogP contribution is 2.28. The molecule has 0 bridgehead atoms. The number of nitrogens with two attached hydrogens (primary N) is 1. The molecule has 0 amide bonds. The van der Waals surface area contributed by atoms with Gasteiger partial charge in [0.15, 0.2) is 0 Å². The molecule has 7 heteroatoms. The Hall–Kier alpha value is -2.31. The van der Waals surface area contributed by atoms with E-state index in [1.165, 1.54) is 6.07 Å². The lowest BCUT2D eigenvalue weighted by Crippen LogP contribution is -2.13. The molecule has 4 nitrogen and oxygen atoms in total. The van der Waals surface area contributed by atoms with Gasteiger partial charge in [-0.15, -0.1) is 0 Å². The van der Waals surface area contributed by atoms with E-state index in [2.05, 4.69) is 15.3 Å². The molecule has 0 fully saturated rings. The third-order valence-electron chi connectivity index (χ3n) is 2.29. The summed E-state index contributed by atoms with van der Waals surface area (Å²) in [7, 11) is 0. The van der Waals surface area contributed by atoms with Gasteiger partial charge in [-0.25, -0.2) is 9.97 Å². The van der Waals surface area contributed by atoms with Gasteiger partial charge in [-0.05, 0) is 24.6 Å². The van der Waals surface area contributed by atoms with Crippen LogP contribution in [0.25, 0.3) is 0 Å². The lowest BCUT2D eigenvalue weighted by Gasteiger charge is -2.10. The summed E-state index contributed by atoms with van der Waals surface area (Å²) in [5.74, 6) is -1.49. The van der Waals surface area contributed by atoms with Gasteiger partial charge in [0.05, 0.1) is 0 Å². The number of nitrogens with zero attached hydrogens (tertiary/aromatic N) is 2. The lowest BCUT2D eigenvalue weighted by atomic mass is 10.2. The van der Waals surface area contributed by atoms with E-state index in [1.807, 2.05) is 13.0 Å². The van der Waals surface area contributed by atoms with Crippen LogP contribution in [-0.2, 0) is 6.18 Å². The first kappa shape index (κ1) is 13.1. The Morgan fingerprint density at radius 1 is 1.16 bits per heavy atom. The predicted octanol–water partition coefficient (Wildman–Crippen LogP) is 3.13. The van der Waals surface area contributed by atoms with Gasteiger partial charge in [0.2, 0.25) is 5.82 Å². The second kappa shape index (κ2) is 4.75. The summed E-state index contributed by atoms with van der Waals surface area (Å²) in [4.78, 5) is 6.57. The molecule has 3 N–H and O–H groups in total. The Morgan fingerprint density at radius 2 is 1.89 bits per heavy atom. The van der Waals surface area contributed by atoms with Crippen LogP contribution >= 0.6 is 0 Å². The highest BCUT2D eigenvalue weighted by molar-refractivity contribution is 5.59. The number of hydrogen-bond donors (Lipinski definition) is 2. The molecule has 0 radical (unpaired) electrons. The molecule has 1 aromatic carbocycles. The molecule has 0 aliphatic heterocycles. The van der Waals surface area contributed by atoms with Crippen LogP contribution in [0.3, 0.4) is 0 Å². The standard InChI is InChI=1S/C12H11F3N4/c1-7-3-2-4-8(5-7)17-10-6-9(16)18-11(19-10)12(13,14)15/h2-6H,1H3,(H3,16,17,18,19). The number of aromatic nitrogens is 2. The monoisotopic (exact) mass is 268 g/mol. The summed E-state index contributed by atoms with van der Waals surface area (Å²) in [6.45, 7) is 1.88. The fraction of sp³-hybridized carbons (Fsp3) is 0.167. The minimum Gasteiger partial charge on any atom is -0.384 e. The Kier molecular flexibility index (Phi) is 3.28. The minimum absolute atomic E-state index is 0.00502. The molecule has 0 atom stereocenters. The SMILES string of the molecule is Cc1cccc(Nc2cc(N)nc(C(F)(F)F)n2)c1. The Labute approximate surface area is 107 Å². The number of nitrogens with one attached hydrogen (secondary N) is 1. The average molecular weight is 268 g/mol. The predicted molar refractivity (Wildman–Crippen MR) is 65.9 cm³/mol. The van der Waals surface area contributed by atoms with E-state index < -0.39 is 12.0 Å². The molecule has 0 spiro atoms. The van der Waals surface area contributed by atoms with Crippen molar-refractivity contribution >= 4 is 17.3 Å². The number of rotatable bonds is 2. The number of benzene rings is 1. The fourth-order valence-electron chi connectivity index (χ4n) is 1.53. The third-order valence-corrected chi connectivity index (χ3v) is 2.29. The first-order valence-electron chi connectivity index (χ1n) is 5.40. The smallest absolute Gasteiger partial charge is 0.384 e. The van der Waals surface area contributed by atoms with Gasteiger partial charge < -0.3 is 11.1 Å². The van der Waals surface area contributed by atoms with Crippen molar-refractivity contribution in [3.8, 4) is 0 Å². The van der Waals surface area contributed by atoms with Crippen molar-refractivity contribution in [2.45, 2.75) is 13.1 Å². The summed E-state index contributed by atoms with van der Waals surface area (Å²) in [5, 5.41) is 2.77. The van der Waals surface area contributed by atoms with E-state index in [4.69, 9.17) is 5.73 Å². The molecular weight excluding hydrogens is 257 g/mol. The van der Waals surface area contributed by atoms with E-state index in [0.717, 1.165) is 5.56 Å². The summed E-state index contributed by atoms with van der Waals surface area (Å²) in [5.41, 5.74) is 6.95. The molecule has 1 aromatic heterocycles. The average Bonchev–Trinajstić information content (AvgIpc) is 2.26. The molecule has 2 rings (SSSR count). The van der Waals surface area contributed by atoms with Crippen molar-refractivity contribution in [2.75, 3.05) is 11.1 Å². The van der Waals surface area contributed by atoms with Crippen molar-refractivity contribution in [3.05, 3.63) is 41.7 Å². The molecule has 1 heterocycles. The summed E-state index contributed by atoms with van der Waals surface area (Å²) < 4.78 is 37.6. The molecule has 0 aliphatic carbocycles. The molecule has 0 saturated heterocycles. The first-order chi connectivity index (χ1) is 8.84. The summed E-state index contributed by atoms with van der Waals surface area (Å²) in [6.07, 6.45) is -4.63. The van der Waals surface area contributed by atoms with Crippen molar-refractivity contribution < 1.29 is 13.2 Å². The number of anilines is 3. The molecule has 2 aromatic rings. The van der Waals surface area contributed by atoms with Crippen LogP contribution in [0, 0.1) is 6.92 Å². The highest BCUT2D eigenvalue weighted by Gasteiger charge is 2.35. The molecule has 100 valence electrons. The van der Waals surface area contributed by atoms with Crippen LogP contribution in [0.2, 0.25) is 0 Å². The second-order valence-corrected chi connectivity index (χ2v) is 3.99. The molecule has 0 aliphatic rings. The first-order valence-corrected chi connectivity index (χ1v) is 5.40. The van der Waals surface area contributed by atoms with Crippen LogP contribution in [0.5, 0.6) is 0 Å². The molecule has 0 unspecified atom stereocenters. The molecule has 0 saturated carbocycles. The lowest BCUT2D eigenvalue weighted by molar-refractivity contribution is -0.144. The number of aryl methyl sites for hydroxylation is 1. The van der Waals surface area contributed by atoms with Gasteiger partial charge in [0.1, 0.15) is 11.6 Å². The van der Waals surface area contributed by atoms with E-state index in [9.17, 15) is 13.2 Å². The largest absolute Gasteiger partial charge is 0.451 e. The van der Waals surface area contributed by atoms with Crippen molar-refractivity contribution in [3.63, 3.8) is 0 Å². The Morgan fingerprint density at radius 3 is 2.53 bits per heavy atom. The van der Waals surface area contributed by atoms with Crippen LogP contribution < -0.4 is 11.1 Å². The van der Waals surface area contributed by atoms with Crippen molar-refractivity contribution in [2.24, 2.45) is 0 Å². The maximum Gasteiger partial charge on any atom is 0.451 e. The van der Waals surface area contributed by atoms with Gasteiger partial charge in [-0.2, -0.15) is 13.2 Å². The second-order valence-electron chi connectivity index (χ2n) is 3.99. The normalized spacial score (nSPS) is 11.4. The van der Waals surface area contributed by atoms with E-state index in [1.54, 1.807) is 18.2 Å². The molecule has 19 heavy (non-hydrogen) atoms. The number of hydrogen-bond acceptors (Lipinski definition) is 4. The maximum atomic E-state index is 12.5. The van der Waals surface area contributed by atoms with E-state index >= 15 is 0 Å². The van der Waals surface area contributed by atoms with Crippen molar-refractivity contribution in [1.29, 1.82) is 0 Å². The van der Waals surface area contributed by atoms with Gasteiger partial charge in [-0.3, -0.25) is 0 Å². The Balaban J connectivity index is 2.33. The Bertz CT molecular complexity index is 596.